The summed E-state index contributed by atoms with van der Waals surface area (Å²) < 4.78 is 5.23. The van der Waals surface area contributed by atoms with E-state index in [1.165, 1.54) is 31.4 Å². The second kappa shape index (κ2) is 5.86. The summed E-state index contributed by atoms with van der Waals surface area (Å²) in [5.41, 5.74) is 1.45. The van der Waals surface area contributed by atoms with Gasteiger partial charge in [0.05, 0.1) is 12.1 Å². The summed E-state index contributed by atoms with van der Waals surface area (Å²) in [7, 11) is 1.63. The third-order valence-corrected chi connectivity index (χ3v) is 5.71. The average molecular weight is 311 g/mol. The number of anilines is 1. The zero-order valence-corrected chi connectivity index (χ0v) is 13.2. The maximum Gasteiger partial charge on any atom is 0.161 e. The molecule has 0 aromatic heterocycles. The van der Waals surface area contributed by atoms with Crippen molar-refractivity contribution >= 4 is 34.2 Å². The van der Waals surface area contributed by atoms with Crippen LogP contribution in [0.2, 0.25) is 5.02 Å². The SMILES string of the molecule is COc1cc(NC2=NCC3(CCCC3)CS2)ccc1Cl. The molecule has 1 heterocycles. The van der Waals surface area contributed by atoms with E-state index < -0.39 is 0 Å². The van der Waals surface area contributed by atoms with Crippen LogP contribution >= 0.6 is 23.4 Å². The van der Waals surface area contributed by atoms with Gasteiger partial charge in [-0.1, -0.05) is 36.2 Å². The van der Waals surface area contributed by atoms with Gasteiger partial charge in [0.1, 0.15) is 5.75 Å². The normalized spacial score (nSPS) is 20.8. The maximum absolute atomic E-state index is 6.03. The van der Waals surface area contributed by atoms with Crippen molar-refractivity contribution in [1.29, 1.82) is 0 Å². The quantitative estimate of drug-likeness (QED) is 0.877. The van der Waals surface area contributed by atoms with Crippen molar-refractivity contribution in [1.82, 2.24) is 0 Å². The van der Waals surface area contributed by atoms with Crippen LogP contribution in [0, 0.1) is 5.41 Å². The van der Waals surface area contributed by atoms with E-state index in [4.69, 9.17) is 21.3 Å². The van der Waals surface area contributed by atoms with Crippen molar-refractivity contribution in [3.8, 4) is 5.75 Å². The van der Waals surface area contributed by atoms with E-state index in [-0.39, 0.29) is 0 Å². The molecule has 1 fully saturated rings. The number of rotatable bonds is 2. The van der Waals surface area contributed by atoms with E-state index in [1.807, 2.05) is 30.0 Å². The number of amidine groups is 1. The molecule has 1 saturated carbocycles. The Balaban J connectivity index is 1.68. The summed E-state index contributed by atoms with van der Waals surface area (Å²) in [6.07, 6.45) is 5.41. The lowest BCUT2D eigenvalue weighted by Gasteiger charge is -2.31. The van der Waals surface area contributed by atoms with Crippen molar-refractivity contribution in [3.05, 3.63) is 23.2 Å². The van der Waals surface area contributed by atoms with Gasteiger partial charge in [-0.25, -0.2) is 0 Å². The van der Waals surface area contributed by atoms with Crippen LogP contribution in [0.1, 0.15) is 25.7 Å². The van der Waals surface area contributed by atoms with Gasteiger partial charge >= 0.3 is 0 Å². The van der Waals surface area contributed by atoms with Gasteiger partial charge < -0.3 is 10.1 Å². The van der Waals surface area contributed by atoms with Crippen LogP contribution < -0.4 is 10.1 Å². The van der Waals surface area contributed by atoms with E-state index in [1.54, 1.807) is 7.11 Å². The smallest absolute Gasteiger partial charge is 0.161 e. The Hall–Kier alpha value is -0.870. The van der Waals surface area contributed by atoms with Gasteiger partial charge in [-0.15, -0.1) is 0 Å². The molecule has 0 amide bonds. The molecule has 1 aromatic carbocycles. The molecule has 1 aliphatic carbocycles. The van der Waals surface area contributed by atoms with E-state index >= 15 is 0 Å². The Kier molecular flexibility index (Phi) is 4.13. The third-order valence-electron chi connectivity index (χ3n) is 4.14. The molecule has 3 nitrogen and oxygen atoms in total. The number of hydrogen-bond donors (Lipinski definition) is 1. The first-order valence-corrected chi connectivity index (χ1v) is 8.35. The Morgan fingerprint density at radius 3 is 2.80 bits per heavy atom. The van der Waals surface area contributed by atoms with Gasteiger partial charge in [-0.05, 0) is 30.4 Å². The fourth-order valence-electron chi connectivity index (χ4n) is 2.92. The van der Waals surface area contributed by atoms with Crippen molar-refractivity contribution in [3.63, 3.8) is 0 Å². The molecule has 1 aromatic rings. The summed E-state index contributed by atoms with van der Waals surface area (Å²) in [5.74, 6) is 1.87. The standard InChI is InChI=1S/C15H19ClN2OS/c1-19-13-8-11(4-5-12(13)16)18-14-17-9-15(10-20-14)6-2-3-7-15/h4-5,8H,2-3,6-7,9-10H2,1H3,(H,17,18). The molecule has 0 bridgehead atoms. The van der Waals surface area contributed by atoms with Crippen LogP contribution in [0.3, 0.4) is 0 Å². The van der Waals surface area contributed by atoms with Crippen molar-refractivity contribution in [2.24, 2.45) is 10.4 Å². The van der Waals surface area contributed by atoms with Crippen LogP contribution in [0.4, 0.5) is 5.69 Å². The van der Waals surface area contributed by atoms with Crippen molar-refractivity contribution in [2.45, 2.75) is 25.7 Å². The first kappa shape index (κ1) is 14.1. The van der Waals surface area contributed by atoms with Crippen LogP contribution in [-0.4, -0.2) is 24.6 Å². The van der Waals surface area contributed by atoms with Gasteiger partial charge in [0.2, 0.25) is 0 Å². The predicted octanol–water partition coefficient (Wildman–Crippen LogP) is 4.42. The number of methoxy groups -OCH3 is 1. The highest BCUT2D eigenvalue weighted by atomic mass is 35.5. The first-order valence-electron chi connectivity index (χ1n) is 6.99. The molecule has 0 saturated heterocycles. The predicted molar refractivity (Wildman–Crippen MR) is 87.3 cm³/mol. The van der Waals surface area contributed by atoms with Crippen molar-refractivity contribution in [2.75, 3.05) is 24.7 Å². The number of nitrogens with zero attached hydrogens (tertiary/aromatic N) is 1. The van der Waals surface area contributed by atoms with E-state index in [2.05, 4.69) is 5.32 Å². The second-order valence-electron chi connectivity index (χ2n) is 5.59. The number of thioether (sulfide) groups is 1. The maximum atomic E-state index is 6.03. The monoisotopic (exact) mass is 310 g/mol. The van der Waals surface area contributed by atoms with Crippen LogP contribution in [-0.2, 0) is 0 Å². The highest BCUT2D eigenvalue weighted by molar-refractivity contribution is 8.14. The molecule has 5 heteroatoms. The molecule has 108 valence electrons. The lowest BCUT2D eigenvalue weighted by molar-refractivity contribution is 0.359. The summed E-state index contributed by atoms with van der Waals surface area (Å²) >= 11 is 7.87. The minimum absolute atomic E-state index is 0.480. The molecular formula is C15H19ClN2OS. The average Bonchev–Trinajstić information content (AvgIpc) is 2.92. The summed E-state index contributed by atoms with van der Waals surface area (Å²) in [5, 5.41) is 5.00. The third kappa shape index (κ3) is 2.91. The highest BCUT2D eigenvalue weighted by Gasteiger charge is 2.36. The molecular weight excluding hydrogens is 292 g/mol. The van der Waals surface area contributed by atoms with Crippen LogP contribution in [0.15, 0.2) is 23.2 Å². The van der Waals surface area contributed by atoms with E-state index in [0.29, 0.717) is 16.2 Å². The fourth-order valence-corrected chi connectivity index (χ4v) is 4.28. The Bertz CT molecular complexity index is 527. The first-order chi connectivity index (χ1) is 9.71. The highest BCUT2D eigenvalue weighted by Crippen LogP contribution is 2.43. The molecule has 3 rings (SSSR count). The lowest BCUT2D eigenvalue weighted by atomic mass is 9.89. The molecule has 0 radical (unpaired) electrons. The Morgan fingerprint density at radius 2 is 2.15 bits per heavy atom. The van der Waals surface area contributed by atoms with Gasteiger partial charge in [-0.3, -0.25) is 4.99 Å². The van der Waals surface area contributed by atoms with Crippen molar-refractivity contribution < 1.29 is 4.74 Å². The van der Waals surface area contributed by atoms with E-state index in [9.17, 15) is 0 Å². The summed E-state index contributed by atoms with van der Waals surface area (Å²) in [6, 6.07) is 5.70. The molecule has 0 unspecified atom stereocenters. The number of halogens is 1. The zero-order chi connectivity index (χ0) is 14.0. The van der Waals surface area contributed by atoms with Gasteiger partial charge in [0.25, 0.3) is 0 Å². The number of benzene rings is 1. The topological polar surface area (TPSA) is 33.6 Å². The minimum atomic E-state index is 0.480. The molecule has 20 heavy (non-hydrogen) atoms. The molecule has 1 N–H and O–H groups in total. The van der Waals surface area contributed by atoms with Gasteiger partial charge in [0.15, 0.2) is 5.17 Å². The van der Waals surface area contributed by atoms with E-state index in [0.717, 1.165) is 17.4 Å². The molecule has 0 atom stereocenters. The Labute approximate surface area is 129 Å². The zero-order valence-electron chi connectivity index (χ0n) is 11.6. The summed E-state index contributed by atoms with van der Waals surface area (Å²) in [6.45, 7) is 0.965. The van der Waals surface area contributed by atoms with Crippen LogP contribution in [0.25, 0.3) is 0 Å². The largest absolute Gasteiger partial charge is 0.495 e. The summed E-state index contributed by atoms with van der Waals surface area (Å²) in [4.78, 5) is 4.73. The van der Waals surface area contributed by atoms with Crippen LogP contribution in [0.5, 0.6) is 5.75 Å². The number of nitrogens with one attached hydrogen (secondary N) is 1. The minimum Gasteiger partial charge on any atom is -0.495 e. The molecule has 1 aliphatic heterocycles. The fraction of sp³-hybridized carbons (Fsp3) is 0.533. The van der Waals surface area contributed by atoms with Gasteiger partial charge in [-0.2, -0.15) is 0 Å². The lowest BCUT2D eigenvalue weighted by Crippen LogP contribution is -2.30. The number of ether oxygens (including phenoxy) is 1. The number of hydrogen-bond acceptors (Lipinski definition) is 4. The van der Waals surface area contributed by atoms with Gasteiger partial charge in [0, 0.05) is 24.1 Å². The Morgan fingerprint density at radius 1 is 1.35 bits per heavy atom. The molecule has 1 spiro atoms. The molecule has 2 aliphatic rings. The second-order valence-corrected chi connectivity index (χ2v) is 6.96. The number of aliphatic imine (C=N–C) groups is 1.